The maximum atomic E-state index is 4.27. The standard InChI is InChI=1S/C16H26N6S/c1-4-15-21-20-12-22(15)8-7-18-16(17-3)19-11-13(2)10-14-6-5-9-23-14/h5-6,9,12-13H,4,7-8,10-11H2,1-3H3,(H2,17,18,19). The van der Waals surface area contributed by atoms with Crippen LogP contribution in [0.4, 0.5) is 0 Å². The van der Waals surface area contributed by atoms with Crippen molar-refractivity contribution in [2.75, 3.05) is 20.1 Å². The normalized spacial score (nSPS) is 13.1. The molecule has 0 saturated carbocycles. The van der Waals surface area contributed by atoms with Crippen LogP contribution in [0.3, 0.4) is 0 Å². The number of guanidine groups is 1. The van der Waals surface area contributed by atoms with Crippen LogP contribution in [0.5, 0.6) is 0 Å². The van der Waals surface area contributed by atoms with Gasteiger partial charge in [-0.3, -0.25) is 4.99 Å². The molecule has 126 valence electrons. The van der Waals surface area contributed by atoms with E-state index in [1.807, 2.05) is 11.3 Å². The van der Waals surface area contributed by atoms with Crippen LogP contribution in [-0.4, -0.2) is 40.9 Å². The van der Waals surface area contributed by atoms with E-state index >= 15 is 0 Å². The molecule has 2 rings (SSSR count). The number of hydrogen-bond donors (Lipinski definition) is 2. The Morgan fingerprint density at radius 2 is 2.30 bits per heavy atom. The number of thiophene rings is 1. The third-order valence-electron chi connectivity index (χ3n) is 3.63. The first-order chi connectivity index (χ1) is 11.2. The SMILES string of the molecule is CCc1nncn1CCNC(=NC)NCC(C)Cc1cccs1. The Kier molecular flexibility index (Phi) is 7.06. The molecular weight excluding hydrogens is 308 g/mol. The smallest absolute Gasteiger partial charge is 0.191 e. The van der Waals surface area contributed by atoms with Crippen molar-refractivity contribution in [1.82, 2.24) is 25.4 Å². The summed E-state index contributed by atoms with van der Waals surface area (Å²) in [5, 5.41) is 16.9. The van der Waals surface area contributed by atoms with Crippen molar-refractivity contribution in [3.05, 3.63) is 34.5 Å². The highest BCUT2D eigenvalue weighted by molar-refractivity contribution is 7.09. The summed E-state index contributed by atoms with van der Waals surface area (Å²) in [5.41, 5.74) is 0. The fraction of sp³-hybridized carbons (Fsp3) is 0.562. The number of nitrogens with zero attached hydrogens (tertiary/aromatic N) is 4. The zero-order valence-corrected chi connectivity index (χ0v) is 14.9. The van der Waals surface area contributed by atoms with Gasteiger partial charge in [-0.15, -0.1) is 21.5 Å². The maximum Gasteiger partial charge on any atom is 0.191 e. The molecule has 0 bridgehead atoms. The Balaban J connectivity index is 1.69. The average Bonchev–Trinajstić information content (AvgIpc) is 3.21. The van der Waals surface area contributed by atoms with E-state index < -0.39 is 0 Å². The molecule has 2 aromatic rings. The Labute approximate surface area is 142 Å². The fourth-order valence-corrected chi connectivity index (χ4v) is 3.24. The van der Waals surface area contributed by atoms with Gasteiger partial charge in [0.25, 0.3) is 0 Å². The zero-order valence-electron chi connectivity index (χ0n) is 14.1. The quantitative estimate of drug-likeness (QED) is 0.572. The van der Waals surface area contributed by atoms with E-state index in [4.69, 9.17) is 0 Å². The Morgan fingerprint density at radius 1 is 1.43 bits per heavy atom. The van der Waals surface area contributed by atoms with Gasteiger partial charge in [0.15, 0.2) is 5.96 Å². The largest absolute Gasteiger partial charge is 0.356 e. The maximum absolute atomic E-state index is 4.27. The number of aliphatic imine (C=N–C) groups is 1. The van der Waals surface area contributed by atoms with Gasteiger partial charge < -0.3 is 15.2 Å². The Morgan fingerprint density at radius 3 is 3.00 bits per heavy atom. The first-order valence-electron chi connectivity index (χ1n) is 8.06. The van der Waals surface area contributed by atoms with Crippen LogP contribution in [0.1, 0.15) is 24.5 Å². The lowest BCUT2D eigenvalue weighted by Crippen LogP contribution is -2.41. The van der Waals surface area contributed by atoms with Gasteiger partial charge >= 0.3 is 0 Å². The number of hydrogen-bond acceptors (Lipinski definition) is 4. The van der Waals surface area contributed by atoms with Gasteiger partial charge in [-0.25, -0.2) is 0 Å². The van der Waals surface area contributed by atoms with Crippen LogP contribution in [0.25, 0.3) is 0 Å². The van der Waals surface area contributed by atoms with E-state index in [1.54, 1.807) is 13.4 Å². The monoisotopic (exact) mass is 334 g/mol. The van der Waals surface area contributed by atoms with Gasteiger partial charge in [0.05, 0.1) is 0 Å². The van der Waals surface area contributed by atoms with E-state index in [0.717, 1.165) is 44.3 Å². The summed E-state index contributed by atoms with van der Waals surface area (Å²) in [6.07, 6.45) is 3.77. The van der Waals surface area contributed by atoms with Gasteiger partial charge in [-0.05, 0) is 23.8 Å². The van der Waals surface area contributed by atoms with Crippen molar-refractivity contribution in [1.29, 1.82) is 0 Å². The molecule has 23 heavy (non-hydrogen) atoms. The summed E-state index contributed by atoms with van der Waals surface area (Å²) in [6, 6.07) is 4.30. The molecule has 2 N–H and O–H groups in total. The number of aryl methyl sites for hydroxylation is 1. The molecule has 7 heteroatoms. The van der Waals surface area contributed by atoms with Crippen molar-refractivity contribution in [2.24, 2.45) is 10.9 Å². The van der Waals surface area contributed by atoms with Gasteiger partial charge in [-0.2, -0.15) is 0 Å². The first-order valence-corrected chi connectivity index (χ1v) is 8.94. The van der Waals surface area contributed by atoms with Crippen LogP contribution in [0.2, 0.25) is 0 Å². The highest BCUT2D eigenvalue weighted by Gasteiger charge is 2.06. The highest BCUT2D eigenvalue weighted by Crippen LogP contribution is 2.13. The molecule has 0 aliphatic rings. The Bertz CT molecular complexity index is 589. The van der Waals surface area contributed by atoms with Crippen molar-refractivity contribution in [2.45, 2.75) is 33.2 Å². The van der Waals surface area contributed by atoms with E-state index in [0.29, 0.717) is 5.92 Å². The van der Waals surface area contributed by atoms with Crippen LogP contribution < -0.4 is 10.6 Å². The second kappa shape index (κ2) is 9.29. The fourth-order valence-electron chi connectivity index (χ4n) is 2.37. The van der Waals surface area contributed by atoms with Crippen LogP contribution in [-0.2, 0) is 19.4 Å². The lowest BCUT2D eigenvalue weighted by molar-refractivity contribution is 0.558. The molecular formula is C16H26N6S. The van der Waals surface area contributed by atoms with Gasteiger partial charge in [0.2, 0.25) is 0 Å². The molecule has 0 saturated heterocycles. The van der Waals surface area contributed by atoms with Gasteiger partial charge in [0.1, 0.15) is 12.2 Å². The van der Waals surface area contributed by atoms with E-state index in [2.05, 4.69) is 61.8 Å². The summed E-state index contributed by atoms with van der Waals surface area (Å²) in [7, 11) is 1.80. The third kappa shape index (κ3) is 5.67. The van der Waals surface area contributed by atoms with E-state index in [9.17, 15) is 0 Å². The number of nitrogens with one attached hydrogen (secondary N) is 2. The van der Waals surface area contributed by atoms with Gasteiger partial charge in [0, 0.05) is 38.0 Å². The Hall–Kier alpha value is -1.89. The minimum Gasteiger partial charge on any atom is -0.356 e. The van der Waals surface area contributed by atoms with Crippen molar-refractivity contribution >= 4 is 17.3 Å². The first kappa shape index (κ1) is 17.5. The molecule has 1 atom stereocenters. The molecule has 0 aliphatic heterocycles. The molecule has 1 unspecified atom stereocenters. The molecule has 2 heterocycles. The number of aromatic nitrogens is 3. The molecule has 0 spiro atoms. The predicted octanol–water partition coefficient (Wildman–Crippen LogP) is 1.95. The second-order valence-electron chi connectivity index (χ2n) is 5.56. The molecule has 0 aliphatic carbocycles. The minimum atomic E-state index is 0.566. The molecule has 2 aromatic heterocycles. The minimum absolute atomic E-state index is 0.566. The average molecular weight is 334 g/mol. The van der Waals surface area contributed by atoms with Crippen LogP contribution >= 0.6 is 11.3 Å². The lowest BCUT2D eigenvalue weighted by atomic mass is 10.1. The van der Waals surface area contributed by atoms with E-state index in [-0.39, 0.29) is 0 Å². The summed E-state index contributed by atoms with van der Waals surface area (Å²) in [5.74, 6) is 2.42. The molecule has 0 fully saturated rings. The molecule has 0 amide bonds. The molecule has 6 nitrogen and oxygen atoms in total. The number of rotatable bonds is 8. The van der Waals surface area contributed by atoms with Crippen LogP contribution in [0.15, 0.2) is 28.8 Å². The summed E-state index contributed by atoms with van der Waals surface area (Å²) >= 11 is 1.82. The molecule has 0 aromatic carbocycles. The third-order valence-corrected chi connectivity index (χ3v) is 4.53. The topological polar surface area (TPSA) is 67.1 Å². The van der Waals surface area contributed by atoms with Crippen LogP contribution in [0, 0.1) is 5.92 Å². The lowest BCUT2D eigenvalue weighted by Gasteiger charge is -2.16. The van der Waals surface area contributed by atoms with Crippen molar-refractivity contribution < 1.29 is 0 Å². The van der Waals surface area contributed by atoms with Crippen molar-refractivity contribution in [3.63, 3.8) is 0 Å². The summed E-state index contributed by atoms with van der Waals surface area (Å²) in [6.45, 7) is 6.88. The second-order valence-corrected chi connectivity index (χ2v) is 6.59. The predicted molar refractivity (Wildman–Crippen MR) is 96.0 cm³/mol. The molecule has 0 radical (unpaired) electrons. The van der Waals surface area contributed by atoms with Gasteiger partial charge in [-0.1, -0.05) is 19.9 Å². The summed E-state index contributed by atoms with van der Waals surface area (Å²) < 4.78 is 2.07. The summed E-state index contributed by atoms with van der Waals surface area (Å²) in [4.78, 5) is 5.71. The highest BCUT2D eigenvalue weighted by atomic mass is 32.1. The zero-order chi connectivity index (χ0) is 16.5. The van der Waals surface area contributed by atoms with Crippen molar-refractivity contribution in [3.8, 4) is 0 Å². The van der Waals surface area contributed by atoms with E-state index in [1.165, 1.54) is 4.88 Å².